The molecule has 3 nitrogen and oxygen atoms in total. The first-order valence-electron chi connectivity index (χ1n) is 5.10. The Morgan fingerprint density at radius 3 is 2.73 bits per heavy atom. The number of ether oxygens (including phenoxy) is 1. The van der Waals surface area contributed by atoms with Crippen molar-refractivity contribution in [1.82, 2.24) is 5.32 Å². The second-order valence-corrected chi connectivity index (χ2v) is 3.96. The molecule has 1 saturated heterocycles. The van der Waals surface area contributed by atoms with Gasteiger partial charge in [-0.25, -0.2) is 0 Å². The van der Waals surface area contributed by atoms with Gasteiger partial charge < -0.3 is 15.0 Å². The van der Waals surface area contributed by atoms with Crippen LogP contribution in [-0.4, -0.2) is 33.3 Å². The van der Waals surface area contributed by atoms with Crippen molar-refractivity contribution in [1.29, 1.82) is 0 Å². The van der Waals surface area contributed by atoms with Gasteiger partial charge in [0.25, 0.3) is 0 Å². The Hall–Kier alpha value is -0.930. The van der Waals surface area contributed by atoms with Crippen molar-refractivity contribution in [3.63, 3.8) is 0 Å². The van der Waals surface area contributed by atoms with Crippen LogP contribution < -0.4 is 15.0 Å². The first-order chi connectivity index (χ1) is 7.31. The monoisotopic (exact) mass is 226 g/mol. The minimum atomic E-state index is 0.790. The molecule has 4 heteroatoms. The summed E-state index contributed by atoms with van der Waals surface area (Å²) in [5, 5.41) is 4.11. The molecule has 0 saturated carbocycles. The van der Waals surface area contributed by atoms with Gasteiger partial charge in [-0.2, -0.15) is 0 Å². The van der Waals surface area contributed by atoms with Crippen LogP contribution >= 0.6 is 11.6 Å². The van der Waals surface area contributed by atoms with Crippen LogP contribution in [0.15, 0.2) is 18.2 Å². The zero-order valence-corrected chi connectivity index (χ0v) is 9.55. The number of piperazine rings is 1. The molecule has 1 aliphatic heterocycles. The van der Waals surface area contributed by atoms with Crippen LogP contribution in [0.5, 0.6) is 5.75 Å². The number of anilines is 1. The average molecular weight is 227 g/mol. The minimum Gasteiger partial charge on any atom is -0.497 e. The first-order valence-corrected chi connectivity index (χ1v) is 5.48. The van der Waals surface area contributed by atoms with Crippen LogP contribution in [-0.2, 0) is 0 Å². The highest BCUT2D eigenvalue weighted by atomic mass is 35.5. The summed E-state index contributed by atoms with van der Waals surface area (Å²) in [4.78, 5) is 2.28. The van der Waals surface area contributed by atoms with Gasteiger partial charge in [-0.3, -0.25) is 0 Å². The van der Waals surface area contributed by atoms with Crippen LogP contribution in [0.25, 0.3) is 0 Å². The van der Waals surface area contributed by atoms with Gasteiger partial charge >= 0.3 is 0 Å². The van der Waals surface area contributed by atoms with E-state index in [0.29, 0.717) is 0 Å². The highest BCUT2D eigenvalue weighted by Crippen LogP contribution is 2.30. The Morgan fingerprint density at radius 1 is 1.33 bits per heavy atom. The summed E-state index contributed by atoms with van der Waals surface area (Å²) in [7, 11) is 1.67. The summed E-state index contributed by atoms with van der Waals surface area (Å²) in [5.41, 5.74) is 1.07. The average Bonchev–Trinajstić information content (AvgIpc) is 2.31. The van der Waals surface area contributed by atoms with Gasteiger partial charge in [-0.15, -0.1) is 0 Å². The SMILES string of the molecule is COc1ccc(Cl)c(N2CCNCC2)c1. The maximum atomic E-state index is 6.17. The largest absolute Gasteiger partial charge is 0.497 e. The van der Waals surface area contributed by atoms with E-state index in [2.05, 4.69) is 10.2 Å². The maximum absolute atomic E-state index is 6.17. The molecule has 2 rings (SSSR count). The van der Waals surface area contributed by atoms with E-state index in [1.807, 2.05) is 18.2 Å². The van der Waals surface area contributed by atoms with E-state index in [9.17, 15) is 0 Å². The second kappa shape index (κ2) is 4.73. The second-order valence-electron chi connectivity index (χ2n) is 3.55. The topological polar surface area (TPSA) is 24.5 Å². The molecular formula is C11H15ClN2O. The lowest BCUT2D eigenvalue weighted by atomic mass is 10.2. The van der Waals surface area contributed by atoms with Gasteiger partial charge in [0, 0.05) is 32.2 Å². The van der Waals surface area contributed by atoms with E-state index in [1.165, 1.54) is 0 Å². The Bertz CT molecular complexity index is 337. The van der Waals surface area contributed by atoms with Crippen LogP contribution in [0, 0.1) is 0 Å². The van der Waals surface area contributed by atoms with Crippen molar-refractivity contribution >= 4 is 17.3 Å². The number of methoxy groups -OCH3 is 1. The van der Waals surface area contributed by atoms with Crippen molar-refractivity contribution in [2.24, 2.45) is 0 Å². The number of benzene rings is 1. The number of hydrogen-bond acceptors (Lipinski definition) is 3. The Morgan fingerprint density at radius 2 is 2.07 bits per heavy atom. The molecule has 0 aromatic heterocycles. The zero-order valence-electron chi connectivity index (χ0n) is 8.79. The standard InChI is InChI=1S/C11H15ClN2O/c1-15-9-2-3-10(12)11(8-9)14-6-4-13-5-7-14/h2-3,8,13H,4-7H2,1H3. The van der Waals surface area contributed by atoms with Crippen molar-refractivity contribution in [2.75, 3.05) is 38.2 Å². The maximum Gasteiger partial charge on any atom is 0.121 e. The van der Waals surface area contributed by atoms with E-state index < -0.39 is 0 Å². The molecule has 15 heavy (non-hydrogen) atoms. The summed E-state index contributed by atoms with van der Waals surface area (Å²) < 4.78 is 5.20. The first kappa shape index (κ1) is 10.6. The van der Waals surface area contributed by atoms with Gasteiger partial charge in [-0.1, -0.05) is 11.6 Å². The molecule has 1 fully saturated rings. The fraction of sp³-hybridized carbons (Fsp3) is 0.455. The van der Waals surface area contributed by atoms with Gasteiger partial charge in [0.05, 0.1) is 17.8 Å². The van der Waals surface area contributed by atoms with Gasteiger partial charge in [0.1, 0.15) is 5.75 Å². The summed E-state index contributed by atoms with van der Waals surface area (Å²) in [6.45, 7) is 4.00. The highest BCUT2D eigenvalue weighted by molar-refractivity contribution is 6.33. The summed E-state index contributed by atoms with van der Waals surface area (Å²) in [6, 6.07) is 5.76. The number of rotatable bonds is 2. The van der Waals surface area contributed by atoms with Gasteiger partial charge in [0.15, 0.2) is 0 Å². The fourth-order valence-electron chi connectivity index (χ4n) is 1.77. The minimum absolute atomic E-state index is 0.790. The molecule has 1 aromatic rings. The third-order valence-electron chi connectivity index (χ3n) is 2.61. The molecule has 0 aliphatic carbocycles. The molecule has 1 aromatic carbocycles. The number of hydrogen-bond donors (Lipinski definition) is 1. The number of nitrogens with zero attached hydrogens (tertiary/aromatic N) is 1. The molecule has 0 radical (unpaired) electrons. The van der Waals surface area contributed by atoms with E-state index in [1.54, 1.807) is 7.11 Å². The van der Waals surface area contributed by atoms with Crippen molar-refractivity contribution in [3.05, 3.63) is 23.2 Å². The molecule has 0 spiro atoms. The van der Waals surface area contributed by atoms with Crippen LogP contribution in [0.1, 0.15) is 0 Å². The van der Waals surface area contributed by atoms with Crippen molar-refractivity contribution in [3.8, 4) is 5.75 Å². The Balaban J connectivity index is 2.24. The zero-order chi connectivity index (χ0) is 10.7. The van der Waals surface area contributed by atoms with E-state index in [-0.39, 0.29) is 0 Å². The predicted molar refractivity (Wildman–Crippen MR) is 63.1 cm³/mol. The molecule has 1 aliphatic rings. The van der Waals surface area contributed by atoms with Crippen LogP contribution in [0.4, 0.5) is 5.69 Å². The van der Waals surface area contributed by atoms with E-state index in [0.717, 1.165) is 42.6 Å². The van der Waals surface area contributed by atoms with Gasteiger partial charge in [0.2, 0.25) is 0 Å². The lowest BCUT2D eigenvalue weighted by Gasteiger charge is -2.30. The Kier molecular flexibility index (Phi) is 3.34. The number of halogens is 1. The van der Waals surface area contributed by atoms with Gasteiger partial charge in [-0.05, 0) is 12.1 Å². The van der Waals surface area contributed by atoms with E-state index >= 15 is 0 Å². The predicted octanol–water partition coefficient (Wildman–Crippen LogP) is 1.76. The van der Waals surface area contributed by atoms with Crippen molar-refractivity contribution < 1.29 is 4.74 Å². The summed E-state index contributed by atoms with van der Waals surface area (Å²) in [5.74, 6) is 0.855. The molecule has 1 heterocycles. The number of nitrogens with one attached hydrogen (secondary N) is 1. The quantitative estimate of drug-likeness (QED) is 0.832. The summed E-state index contributed by atoms with van der Waals surface area (Å²) in [6.07, 6.45) is 0. The van der Waals surface area contributed by atoms with Crippen LogP contribution in [0.2, 0.25) is 5.02 Å². The molecule has 0 bridgehead atoms. The molecule has 82 valence electrons. The Labute approximate surface area is 95.0 Å². The van der Waals surface area contributed by atoms with E-state index in [4.69, 9.17) is 16.3 Å². The molecule has 0 amide bonds. The fourth-order valence-corrected chi connectivity index (χ4v) is 2.00. The lowest BCUT2D eigenvalue weighted by molar-refractivity contribution is 0.414. The normalized spacial score (nSPS) is 16.5. The third kappa shape index (κ3) is 2.36. The third-order valence-corrected chi connectivity index (χ3v) is 2.93. The highest BCUT2D eigenvalue weighted by Gasteiger charge is 2.13. The smallest absolute Gasteiger partial charge is 0.121 e. The van der Waals surface area contributed by atoms with Crippen molar-refractivity contribution in [2.45, 2.75) is 0 Å². The van der Waals surface area contributed by atoms with Crippen LogP contribution in [0.3, 0.4) is 0 Å². The molecule has 0 atom stereocenters. The lowest BCUT2D eigenvalue weighted by Crippen LogP contribution is -2.43. The molecule has 0 unspecified atom stereocenters. The summed E-state index contributed by atoms with van der Waals surface area (Å²) >= 11 is 6.17. The molecular weight excluding hydrogens is 212 g/mol. The molecule has 1 N–H and O–H groups in total.